The summed E-state index contributed by atoms with van der Waals surface area (Å²) in [6.45, 7) is 0.845. The molecule has 0 amide bonds. The summed E-state index contributed by atoms with van der Waals surface area (Å²) in [4.78, 5) is 20.9. The smallest absolute Gasteiger partial charge is 0.337 e. The fraction of sp³-hybridized carbons (Fsp3) is 0.217. The Morgan fingerprint density at radius 3 is 2.94 bits per heavy atom. The van der Waals surface area contributed by atoms with Gasteiger partial charge in [0.05, 0.1) is 37.0 Å². The number of benzene rings is 1. The second-order valence-electron chi connectivity index (χ2n) is 7.85. The highest BCUT2D eigenvalue weighted by molar-refractivity contribution is 5.92. The summed E-state index contributed by atoms with van der Waals surface area (Å²) in [5.74, 6) is -1.10. The lowest BCUT2D eigenvalue weighted by molar-refractivity contribution is 0.0600. The maximum absolute atomic E-state index is 14.7. The number of aromatic nitrogens is 4. The van der Waals surface area contributed by atoms with Crippen molar-refractivity contribution in [1.29, 1.82) is 5.26 Å². The monoisotopic (exact) mass is 430 g/mol. The molecule has 4 heterocycles. The van der Waals surface area contributed by atoms with Crippen LogP contribution in [0.25, 0.3) is 22.2 Å². The number of hydrogen-bond donors (Lipinski definition) is 1. The number of fused-ring (bicyclic) bond motifs is 1. The molecule has 0 spiro atoms. The number of H-pyrrole nitrogens is 1. The maximum atomic E-state index is 14.7. The van der Waals surface area contributed by atoms with Crippen molar-refractivity contribution in [2.24, 2.45) is 0 Å². The number of halogens is 1. The van der Waals surface area contributed by atoms with E-state index < -0.39 is 17.3 Å². The van der Waals surface area contributed by atoms with E-state index in [9.17, 15) is 14.4 Å². The van der Waals surface area contributed by atoms with Crippen LogP contribution < -0.4 is 4.90 Å². The molecule has 0 saturated carbocycles. The van der Waals surface area contributed by atoms with E-state index in [1.165, 1.54) is 19.2 Å². The van der Waals surface area contributed by atoms with E-state index >= 15 is 0 Å². The van der Waals surface area contributed by atoms with Gasteiger partial charge in [0.1, 0.15) is 17.0 Å². The fourth-order valence-corrected chi connectivity index (χ4v) is 4.26. The van der Waals surface area contributed by atoms with Crippen LogP contribution in [0.1, 0.15) is 16.8 Å². The number of hydrogen-bond acceptors (Lipinski definition) is 6. The third-order valence-electron chi connectivity index (χ3n) is 5.93. The Labute approximate surface area is 182 Å². The quantitative estimate of drug-likeness (QED) is 0.487. The number of pyridine rings is 1. The molecule has 0 radical (unpaired) electrons. The number of ether oxygens (including phenoxy) is 1. The minimum absolute atomic E-state index is 0.155. The molecule has 32 heavy (non-hydrogen) atoms. The number of esters is 1. The van der Waals surface area contributed by atoms with Gasteiger partial charge >= 0.3 is 5.97 Å². The van der Waals surface area contributed by atoms with Crippen LogP contribution in [-0.2, 0) is 10.3 Å². The number of nitriles is 1. The molecule has 1 saturated heterocycles. The second-order valence-corrected chi connectivity index (χ2v) is 7.85. The van der Waals surface area contributed by atoms with Gasteiger partial charge < -0.3 is 14.6 Å². The van der Waals surface area contributed by atoms with Gasteiger partial charge in [-0.15, -0.1) is 0 Å². The number of carbonyl (C=O) groups excluding carboxylic acids is 1. The molecule has 0 bridgehead atoms. The van der Waals surface area contributed by atoms with Gasteiger partial charge in [-0.1, -0.05) is 0 Å². The van der Waals surface area contributed by atoms with Crippen LogP contribution in [0.5, 0.6) is 0 Å². The van der Waals surface area contributed by atoms with Crippen molar-refractivity contribution in [3.8, 4) is 17.2 Å². The Morgan fingerprint density at radius 2 is 2.19 bits per heavy atom. The van der Waals surface area contributed by atoms with Crippen LogP contribution >= 0.6 is 0 Å². The molecule has 3 aromatic heterocycles. The van der Waals surface area contributed by atoms with Crippen molar-refractivity contribution >= 4 is 22.7 Å². The first kappa shape index (κ1) is 19.8. The Balaban J connectivity index is 1.42. The summed E-state index contributed by atoms with van der Waals surface area (Å²) in [7, 11) is 1.26. The first-order valence-corrected chi connectivity index (χ1v) is 10.0. The Bertz CT molecular complexity index is 1360. The first-order valence-electron chi connectivity index (χ1n) is 10.0. The highest BCUT2D eigenvalue weighted by Crippen LogP contribution is 2.38. The lowest BCUT2D eigenvalue weighted by Gasteiger charge is -2.50. The molecule has 9 heteroatoms. The molecule has 1 aliphatic rings. The second kappa shape index (κ2) is 7.50. The SMILES string of the molecule is COC(=O)c1ccc(N2CC(CC#N)(n3cc(-c4ccnc5[nH]ccc45)cn3)C2)c(F)c1. The van der Waals surface area contributed by atoms with E-state index in [-0.39, 0.29) is 12.0 Å². The fourth-order valence-electron chi connectivity index (χ4n) is 4.26. The van der Waals surface area contributed by atoms with Crippen LogP contribution in [0.3, 0.4) is 0 Å². The lowest BCUT2D eigenvalue weighted by atomic mass is 9.86. The number of rotatable bonds is 5. The predicted octanol–water partition coefficient (Wildman–Crippen LogP) is 3.48. The summed E-state index contributed by atoms with van der Waals surface area (Å²) >= 11 is 0. The molecule has 1 aliphatic heterocycles. The molecule has 1 N–H and O–H groups in total. The average Bonchev–Trinajstić information content (AvgIpc) is 3.45. The van der Waals surface area contributed by atoms with Crippen molar-refractivity contribution < 1.29 is 13.9 Å². The van der Waals surface area contributed by atoms with Crippen molar-refractivity contribution in [2.75, 3.05) is 25.1 Å². The topological polar surface area (TPSA) is 99.8 Å². The van der Waals surface area contributed by atoms with Gasteiger partial charge in [0, 0.05) is 42.6 Å². The van der Waals surface area contributed by atoms with Crippen LogP contribution in [0, 0.1) is 17.1 Å². The number of methoxy groups -OCH3 is 1. The van der Waals surface area contributed by atoms with Gasteiger partial charge in [-0.3, -0.25) is 4.68 Å². The molecular weight excluding hydrogens is 411 g/mol. The molecule has 8 nitrogen and oxygen atoms in total. The van der Waals surface area contributed by atoms with Gasteiger partial charge in [-0.25, -0.2) is 14.2 Å². The Kier molecular flexibility index (Phi) is 4.63. The van der Waals surface area contributed by atoms with E-state index in [2.05, 4.69) is 25.9 Å². The zero-order chi connectivity index (χ0) is 22.3. The van der Waals surface area contributed by atoms with Crippen molar-refractivity contribution in [3.63, 3.8) is 0 Å². The molecule has 5 rings (SSSR count). The number of aromatic amines is 1. The molecular formula is C23H19FN6O2. The van der Waals surface area contributed by atoms with Gasteiger partial charge in [-0.2, -0.15) is 10.4 Å². The van der Waals surface area contributed by atoms with Gasteiger partial charge in [0.15, 0.2) is 0 Å². The van der Waals surface area contributed by atoms with Crippen molar-refractivity contribution in [2.45, 2.75) is 12.0 Å². The lowest BCUT2D eigenvalue weighted by Crippen LogP contribution is -2.63. The van der Waals surface area contributed by atoms with Crippen LogP contribution in [0.4, 0.5) is 10.1 Å². The molecule has 1 fully saturated rings. The molecule has 160 valence electrons. The third kappa shape index (κ3) is 3.08. The summed E-state index contributed by atoms with van der Waals surface area (Å²) < 4.78 is 21.1. The standard InChI is InChI=1S/C23H19FN6O2/c1-32-22(31)15-2-3-20(19(24)10-15)29-13-23(14-29,6-7-25)30-12-16(11-28-30)17-4-8-26-21-18(17)5-9-27-21/h2-5,8-12H,6,13-14H2,1H3,(H,26,27). The zero-order valence-electron chi connectivity index (χ0n) is 17.2. The molecule has 4 aromatic rings. The van der Waals surface area contributed by atoms with E-state index in [0.717, 1.165) is 22.2 Å². The average molecular weight is 430 g/mol. The van der Waals surface area contributed by atoms with E-state index in [1.807, 2.05) is 34.1 Å². The molecule has 0 atom stereocenters. The van der Waals surface area contributed by atoms with E-state index in [4.69, 9.17) is 0 Å². The third-order valence-corrected chi connectivity index (χ3v) is 5.93. The normalized spacial score (nSPS) is 14.7. The molecule has 1 aromatic carbocycles. The predicted molar refractivity (Wildman–Crippen MR) is 115 cm³/mol. The van der Waals surface area contributed by atoms with Crippen LogP contribution in [0.2, 0.25) is 0 Å². The van der Waals surface area contributed by atoms with E-state index in [0.29, 0.717) is 18.8 Å². The summed E-state index contributed by atoms with van der Waals surface area (Å²) in [6, 6.07) is 10.4. The number of nitrogens with zero attached hydrogens (tertiary/aromatic N) is 5. The van der Waals surface area contributed by atoms with Crippen molar-refractivity contribution in [1.82, 2.24) is 19.7 Å². The number of carbonyl (C=O) groups is 1. The maximum Gasteiger partial charge on any atom is 0.337 e. The summed E-state index contributed by atoms with van der Waals surface area (Å²) in [5.41, 5.74) is 2.67. The minimum atomic E-state index is -0.588. The Morgan fingerprint density at radius 1 is 1.34 bits per heavy atom. The highest BCUT2D eigenvalue weighted by Gasteiger charge is 2.46. The number of anilines is 1. The van der Waals surface area contributed by atoms with E-state index in [1.54, 1.807) is 18.5 Å². The van der Waals surface area contributed by atoms with Gasteiger partial charge in [0.2, 0.25) is 0 Å². The molecule has 0 aliphatic carbocycles. The minimum Gasteiger partial charge on any atom is -0.465 e. The zero-order valence-corrected chi connectivity index (χ0v) is 17.2. The first-order chi connectivity index (χ1) is 15.5. The molecule has 0 unspecified atom stereocenters. The highest BCUT2D eigenvalue weighted by atomic mass is 19.1. The van der Waals surface area contributed by atoms with Gasteiger partial charge in [-0.05, 0) is 35.9 Å². The Hall–Kier alpha value is -4.19. The van der Waals surface area contributed by atoms with Gasteiger partial charge in [0.25, 0.3) is 0 Å². The van der Waals surface area contributed by atoms with Crippen LogP contribution in [-0.4, -0.2) is 45.9 Å². The summed E-state index contributed by atoms with van der Waals surface area (Å²) in [5, 5.41) is 15.0. The van der Waals surface area contributed by atoms with Crippen LogP contribution in [0.15, 0.2) is 55.1 Å². The summed E-state index contributed by atoms with van der Waals surface area (Å²) in [6.07, 6.45) is 7.51. The number of nitrogens with one attached hydrogen (secondary N) is 1. The largest absolute Gasteiger partial charge is 0.465 e. The van der Waals surface area contributed by atoms with Crippen molar-refractivity contribution in [3.05, 3.63) is 66.5 Å².